The van der Waals surface area contributed by atoms with Crippen LogP contribution in [0.3, 0.4) is 0 Å². The highest BCUT2D eigenvalue weighted by atomic mass is 32.1. The monoisotopic (exact) mass is 367 g/mol. The lowest BCUT2D eigenvalue weighted by Gasteiger charge is -2.48. The van der Waals surface area contributed by atoms with Crippen molar-refractivity contribution < 1.29 is 9.53 Å². The number of imidazole rings is 1. The normalized spacial score (nSPS) is 27.2. The van der Waals surface area contributed by atoms with Crippen LogP contribution >= 0.6 is 11.3 Å². The number of fused-ring (bicyclic) bond motifs is 2. The lowest BCUT2D eigenvalue weighted by molar-refractivity contribution is -0.126. The van der Waals surface area contributed by atoms with E-state index in [2.05, 4.69) is 34.6 Å². The van der Waals surface area contributed by atoms with E-state index in [0.717, 1.165) is 30.1 Å². The average Bonchev–Trinajstić information content (AvgIpc) is 3.33. The van der Waals surface area contributed by atoms with Gasteiger partial charge in [0.25, 0.3) is 0 Å². The third-order valence-electron chi connectivity index (χ3n) is 5.65. The van der Waals surface area contributed by atoms with Gasteiger partial charge in [-0.05, 0) is 18.4 Å². The zero-order chi connectivity index (χ0) is 17.5. The van der Waals surface area contributed by atoms with Crippen molar-refractivity contribution >= 4 is 22.2 Å². The third kappa shape index (κ3) is 2.83. The van der Waals surface area contributed by atoms with E-state index in [-0.39, 0.29) is 11.9 Å². The van der Waals surface area contributed by atoms with Gasteiger partial charge in [0.05, 0.1) is 18.2 Å². The van der Waals surface area contributed by atoms with Crippen LogP contribution in [-0.2, 0) is 22.4 Å². The summed E-state index contributed by atoms with van der Waals surface area (Å²) < 4.78 is 7.90. The maximum absolute atomic E-state index is 12.6. The number of thiazole rings is 1. The predicted octanol–water partition coefficient (Wildman–Crippen LogP) is 2.70. The molecule has 1 saturated carbocycles. The summed E-state index contributed by atoms with van der Waals surface area (Å²) in [5, 5.41) is 5.27. The highest BCUT2D eigenvalue weighted by Gasteiger charge is 2.53. The molecular formula is C20H21N3O2S. The van der Waals surface area contributed by atoms with Gasteiger partial charge in [-0.15, -0.1) is 11.3 Å². The van der Waals surface area contributed by atoms with E-state index in [1.165, 1.54) is 5.56 Å². The van der Waals surface area contributed by atoms with Crippen LogP contribution in [0.15, 0.2) is 48.1 Å². The van der Waals surface area contributed by atoms with Crippen molar-refractivity contribution in [2.45, 2.75) is 31.4 Å². The highest BCUT2D eigenvalue weighted by Crippen LogP contribution is 2.45. The van der Waals surface area contributed by atoms with Crippen LogP contribution in [0.2, 0.25) is 0 Å². The van der Waals surface area contributed by atoms with Crippen molar-refractivity contribution in [3.8, 4) is 0 Å². The molecule has 1 aliphatic heterocycles. The van der Waals surface area contributed by atoms with Gasteiger partial charge in [0, 0.05) is 42.3 Å². The predicted molar refractivity (Wildman–Crippen MR) is 100 cm³/mol. The van der Waals surface area contributed by atoms with Gasteiger partial charge < -0.3 is 10.1 Å². The Morgan fingerprint density at radius 2 is 2.23 bits per heavy atom. The van der Waals surface area contributed by atoms with Crippen LogP contribution in [0.1, 0.15) is 17.7 Å². The summed E-state index contributed by atoms with van der Waals surface area (Å²) in [6.07, 6.45) is 6.53. The summed E-state index contributed by atoms with van der Waals surface area (Å²) in [4.78, 5) is 18.0. The first-order valence-electron chi connectivity index (χ1n) is 9.14. The largest absolute Gasteiger partial charge is 0.377 e. The smallest absolute Gasteiger partial charge is 0.226 e. The molecule has 0 bridgehead atoms. The molecule has 6 heteroatoms. The number of carbonyl (C=O) groups excluding carboxylic acids is 1. The maximum atomic E-state index is 12.6. The SMILES string of the molecule is O=C(Cc1cn2ccsc2n1)N[C@@H]1[C@@H](Cc2ccccc2)[C@H]2OCC[C@@H]12. The average molecular weight is 367 g/mol. The lowest BCUT2D eigenvalue weighted by Crippen LogP contribution is -2.62. The number of ether oxygens (including phenoxy) is 1. The second-order valence-corrected chi connectivity index (χ2v) is 8.11. The first-order chi connectivity index (χ1) is 12.8. The van der Waals surface area contributed by atoms with Gasteiger partial charge in [0.1, 0.15) is 0 Å². The zero-order valence-corrected chi connectivity index (χ0v) is 15.2. The van der Waals surface area contributed by atoms with Crippen LogP contribution < -0.4 is 5.32 Å². The molecule has 0 spiro atoms. The maximum Gasteiger partial charge on any atom is 0.226 e. The molecule has 26 heavy (non-hydrogen) atoms. The van der Waals surface area contributed by atoms with Crippen molar-refractivity contribution in [3.05, 3.63) is 59.4 Å². The Hall–Kier alpha value is -2.18. The van der Waals surface area contributed by atoms with Crippen molar-refractivity contribution in [2.24, 2.45) is 11.8 Å². The Bertz CT molecular complexity index is 891. The molecular weight excluding hydrogens is 346 g/mol. The van der Waals surface area contributed by atoms with Gasteiger partial charge in [-0.1, -0.05) is 30.3 Å². The quantitative estimate of drug-likeness (QED) is 0.754. The van der Waals surface area contributed by atoms with Crippen molar-refractivity contribution in [3.63, 3.8) is 0 Å². The molecule has 3 aromatic rings. The van der Waals surface area contributed by atoms with Gasteiger partial charge in [-0.2, -0.15) is 0 Å². The fourth-order valence-electron chi connectivity index (χ4n) is 4.44. The Balaban J connectivity index is 1.26. The Labute approximate surface area is 156 Å². The topological polar surface area (TPSA) is 55.6 Å². The molecule has 0 unspecified atom stereocenters. The van der Waals surface area contributed by atoms with Crippen LogP contribution in [0, 0.1) is 11.8 Å². The number of amides is 1. The molecule has 2 fully saturated rings. The van der Waals surface area contributed by atoms with E-state index in [4.69, 9.17) is 4.74 Å². The number of carbonyl (C=O) groups is 1. The molecule has 1 aromatic carbocycles. The highest BCUT2D eigenvalue weighted by molar-refractivity contribution is 7.15. The summed E-state index contributed by atoms with van der Waals surface area (Å²) in [5.74, 6) is 0.877. The molecule has 3 heterocycles. The van der Waals surface area contributed by atoms with E-state index in [1.54, 1.807) is 11.3 Å². The minimum Gasteiger partial charge on any atom is -0.377 e. The van der Waals surface area contributed by atoms with Crippen molar-refractivity contribution in [1.82, 2.24) is 14.7 Å². The van der Waals surface area contributed by atoms with Gasteiger partial charge in [0.2, 0.25) is 5.91 Å². The van der Waals surface area contributed by atoms with E-state index in [0.29, 0.717) is 24.4 Å². The van der Waals surface area contributed by atoms with Gasteiger partial charge in [-0.3, -0.25) is 9.20 Å². The number of hydrogen-bond acceptors (Lipinski definition) is 4. The second kappa shape index (κ2) is 6.52. The Kier molecular flexibility index (Phi) is 4.02. The minimum atomic E-state index is 0.0594. The molecule has 2 aliphatic rings. The van der Waals surface area contributed by atoms with Gasteiger partial charge in [0.15, 0.2) is 4.96 Å². The van der Waals surface area contributed by atoms with Gasteiger partial charge in [-0.25, -0.2) is 4.98 Å². The molecule has 1 aliphatic carbocycles. The fraction of sp³-hybridized carbons (Fsp3) is 0.400. The minimum absolute atomic E-state index is 0.0594. The van der Waals surface area contributed by atoms with E-state index in [9.17, 15) is 4.79 Å². The van der Waals surface area contributed by atoms with E-state index in [1.807, 2.05) is 28.2 Å². The molecule has 1 amide bonds. The molecule has 4 atom stereocenters. The number of rotatable bonds is 5. The molecule has 2 aromatic heterocycles. The van der Waals surface area contributed by atoms with Crippen LogP contribution in [0.25, 0.3) is 4.96 Å². The summed E-state index contributed by atoms with van der Waals surface area (Å²) in [6.45, 7) is 0.810. The first kappa shape index (κ1) is 16.0. The first-order valence-corrected chi connectivity index (χ1v) is 10.0. The molecule has 134 valence electrons. The van der Waals surface area contributed by atoms with Crippen LogP contribution in [0.5, 0.6) is 0 Å². The number of nitrogens with one attached hydrogen (secondary N) is 1. The zero-order valence-electron chi connectivity index (χ0n) is 14.4. The lowest BCUT2D eigenvalue weighted by atomic mass is 9.64. The summed E-state index contributed by atoms with van der Waals surface area (Å²) >= 11 is 1.58. The molecule has 0 radical (unpaired) electrons. The third-order valence-corrected chi connectivity index (χ3v) is 6.43. The summed E-state index contributed by atoms with van der Waals surface area (Å²) in [5.41, 5.74) is 2.13. The van der Waals surface area contributed by atoms with Gasteiger partial charge >= 0.3 is 0 Å². The van der Waals surface area contributed by atoms with E-state index < -0.39 is 0 Å². The van der Waals surface area contributed by atoms with E-state index >= 15 is 0 Å². The summed E-state index contributed by atoms with van der Waals surface area (Å²) in [7, 11) is 0. The molecule has 1 N–H and O–H groups in total. The number of hydrogen-bond donors (Lipinski definition) is 1. The molecule has 5 nitrogen and oxygen atoms in total. The Morgan fingerprint density at radius 1 is 1.35 bits per heavy atom. The fourth-order valence-corrected chi connectivity index (χ4v) is 5.15. The van der Waals surface area contributed by atoms with Crippen LogP contribution in [0.4, 0.5) is 0 Å². The molecule has 1 saturated heterocycles. The Morgan fingerprint density at radius 3 is 3.08 bits per heavy atom. The second-order valence-electron chi connectivity index (χ2n) is 7.24. The van der Waals surface area contributed by atoms with Crippen molar-refractivity contribution in [2.75, 3.05) is 6.61 Å². The number of benzene rings is 1. The molecule has 5 rings (SSSR count). The number of aromatic nitrogens is 2. The summed E-state index contributed by atoms with van der Waals surface area (Å²) in [6, 6.07) is 10.7. The van der Waals surface area contributed by atoms with Crippen LogP contribution in [-0.4, -0.2) is 34.0 Å². The standard InChI is InChI=1S/C20H21N3O2S/c24-17(11-14-12-23-7-9-26-20(23)21-14)22-18-15-6-8-25-19(15)16(18)10-13-4-2-1-3-5-13/h1-5,7,9,12,15-16,18-19H,6,8,10-11H2,(H,22,24)/t15-,16+,18-,19-/m0/s1. The number of nitrogens with zero attached hydrogens (tertiary/aromatic N) is 2. The van der Waals surface area contributed by atoms with Crippen molar-refractivity contribution in [1.29, 1.82) is 0 Å².